The van der Waals surface area contributed by atoms with Gasteiger partial charge in [0, 0.05) is 29.0 Å². The summed E-state index contributed by atoms with van der Waals surface area (Å²) in [5, 5.41) is 23.7. The number of nitrogens with zero attached hydrogens (tertiary/aromatic N) is 1. The predicted octanol–water partition coefficient (Wildman–Crippen LogP) is 3.55. The van der Waals surface area contributed by atoms with Crippen molar-refractivity contribution in [3.05, 3.63) is 75.8 Å². The summed E-state index contributed by atoms with van der Waals surface area (Å²) in [4.78, 5) is 17.3. The average Bonchev–Trinajstić information content (AvgIpc) is 3.37. The molecule has 1 saturated carbocycles. The Hall–Kier alpha value is -2.51. The number of rotatable bonds is 2. The molecule has 5 aliphatic rings. The first-order valence-corrected chi connectivity index (χ1v) is 13.2. The van der Waals surface area contributed by atoms with Crippen LogP contribution in [-0.2, 0) is 4.74 Å². The predicted molar refractivity (Wildman–Crippen MR) is 139 cm³/mol. The Morgan fingerprint density at radius 1 is 1.14 bits per heavy atom. The number of H-pyrrole nitrogens is 1. The lowest BCUT2D eigenvalue weighted by Gasteiger charge is -2.55. The van der Waals surface area contributed by atoms with E-state index in [-0.39, 0.29) is 28.5 Å². The molecular weight excluding hydrogens is 452 g/mol. The number of allylic oxidation sites excluding steroid dienone is 3. The van der Waals surface area contributed by atoms with E-state index >= 15 is 0 Å². The average molecular weight is 487 g/mol. The Balaban J connectivity index is 1.31. The highest BCUT2D eigenvalue weighted by Gasteiger charge is 2.67. The number of hydrogen-bond donors (Lipinski definition) is 3. The minimum Gasteiger partial charge on any atom is -0.388 e. The number of aliphatic hydroxyl groups is 2. The van der Waals surface area contributed by atoms with E-state index in [4.69, 9.17) is 4.74 Å². The largest absolute Gasteiger partial charge is 0.388 e. The number of hydrogen-bond acceptors (Lipinski definition) is 5. The van der Waals surface area contributed by atoms with Gasteiger partial charge in [-0.2, -0.15) is 0 Å². The van der Waals surface area contributed by atoms with Crippen molar-refractivity contribution in [2.75, 3.05) is 14.1 Å². The molecule has 36 heavy (non-hydrogen) atoms. The molecule has 1 aromatic heterocycles. The lowest BCUT2D eigenvalue weighted by molar-refractivity contribution is -0.161. The van der Waals surface area contributed by atoms with E-state index in [2.05, 4.69) is 36.2 Å². The topological polar surface area (TPSA) is 85.8 Å². The second kappa shape index (κ2) is 7.29. The van der Waals surface area contributed by atoms with Crippen LogP contribution in [0.5, 0.6) is 0 Å². The summed E-state index contributed by atoms with van der Waals surface area (Å²) in [5.41, 5.74) is 3.36. The normalized spacial score (nSPS) is 40.9. The number of aromatic amines is 1. The Morgan fingerprint density at radius 2 is 1.97 bits per heavy atom. The Labute approximate surface area is 211 Å². The van der Waals surface area contributed by atoms with Gasteiger partial charge in [0.25, 0.3) is 5.56 Å². The number of ether oxygens (including phenoxy) is 1. The Bertz CT molecular complexity index is 1440. The van der Waals surface area contributed by atoms with Crippen molar-refractivity contribution < 1.29 is 14.9 Å². The third kappa shape index (κ3) is 2.73. The van der Waals surface area contributed by atoms with Gasteiger partial charge < -0.3 is 24.8 Å². The summed E-state index contributed by atoms with van der Waals surface area (Å²) < 4.78 is 7.21. The van der Waals surface area contributed by atoms with Gasteiger partial charge in [0.15, 0.2) is 0 Å². The van der Waals surface area contributed by atoms with Gasteiger partial charge in [-0.25, -0.2) is 0 Å². The fourth-order valence-electron chi connectivity index (χ4n) is 8.30. The zero-order valence-electron chi connectivity index (χ0n) is 21.1. The quantitative estimate of drug-likeness (QED) is 0.605. The van der Waals surface area contributed by atoms with E-state index in [0.29, 0.717) is 6.42 Å². The Morgan fingerprint density at radius 3 is 2.78 bits per heavy atom. The molecule has 1 aromatic carbocycles. The first kappa shape index (κ1) is 22.7. The molecule has 3 N–H and O–H groups in total. The van der Waals surface area contributed by atoms with Gasteiger partial charge >= 0.3 is 0 Å². The lowest BCUT2D eigenvalue weighted by Crippen LogP contribution is -2.61. The number of pyridine rings is 1. The van der Waals surface area contributed by atoms with Crippen LogP contribution in [0.2, 0.25) is 0 Å². The number of aliphatic hydroxyl groups excluding tert-OH is 2. The fraction of sp³-hybridized carbons (Fsp3) is 0.500. The zero-order chi connectivity index (χ0) is 25.0. The van der Waals surface area contributed by atoms with Crippen LogP contribution in [0, 0.1) is 11.3 Å². The molecular formula is C30H34N2O4. The molecule has 3 heterocycles. The standard InChI is InChI=1S/C30H34N2O4/c1-28-10-8-19-15-22-25(33)26(34)23(32(2)3)16-29(22)11-12-30(19,36-29)24(28)7-6-21(28)18-5-4-17-9-13-31-27(35)20(17)14-18/h4-6,8-9,13-15,23-26,33-34H,7,10-12,16H2,1-3H3,(H,31,35). The van der Waals surface area contributed by atoms with Gasteiger partial charge in [-0.3, -0.25) is 4.79 Å². The molecule has 2 aliphatic heterocycles. The van der Waals surface area contributed by atoms with Crippen LogP contribution >= 0.6 is 0 Å². The molecule has 7 rings (SSSR count). The van der Waals surface area contributed by atoms with Crippen molar-refractivity contribution in [3.8, 4) is 0 Å². The number of benzene rings is 1. The van der Waals surface area contributed by atoms with E-state index in [9.17, 15) is 15.0 Å². The van der Waals surface area contributed by atoms with E-state index in [1.54, 1.807) is 6.20 Å². The van der Waals surface area contributed by atoms with Crippen molar-refractivity contribution in [3.63, 3.8) is 0 Å². The molecule has 2 fully saturated rings. The molecule has 2 spiro atoms. The lowest BCUT2D eigenvalue weighted by atomic mass is 9.58. The highest BCUT2D eigenvalue weighted by atomic mass is 16.5. The second-order valence-electron chi connectivity index (χ2n) is 12.1. The molecule has 1 saturated heterocycles. The smallest absolute Gasteiger partial charge is 0.255 e. The van der Waals surface area contributed by atoms with Crippen molar-refractivity contribution in [1.29, 1.82) is 0 Å². The van der Waals surface area contributed by atoms with Gasteiger partial charge in [-0.05, 0) is 86.0 Å². The third-order valence-corrected chi connectivity index (χ3v) is 10.2. The molecule has 188 valence electrons. The number of fused-ring (bicyclic) bond motifs is 2. The minimum absolute atomic E-state index is 0.0569. The molecule has 0 radical (unpaired) electrons. The summed E-state index contributed by atoms with van der Waals surface area (Å²) in [7, 11) is 3.93. The highest BCUT2D eigenvalue weighted by molar-refractivity contribution is 5.87. The van der Waals surface area contributed by atoms with Gasteiger partial charge in [-0.1, -0.05) is 37.3 Å². The second-order valence-corrected chi connectivity index (χ2v) is 12.1. The Kier molecular flexibility index (Phi) is 4.59. The summed E-state index contributed by atoms with van der Waals surface area (Å²) in [5.74, 6) is 0.281. The van der Waals surface area contributed by atoms with Crippen molar-refractivity contribution >= 4 is 16.3 Å². The molecule has 7 unspecified atom stereocenters. The molecule has 6 nitrogen and oxygen atoms in total. The maximum atomic E-state index is 12.5. The monoisotopic (exact) mass is 486 g/mol. The first-order chi connectivity index (χ1) is 17.2. The zero-order valence-corrected chi connectivity index (χ0v) is 21.1. The third-order valence-electron chi connectivity index (χ3n) is 10.2. The number of aromatic nitrogens is 1. The highest BCUT2D eigenvalue weighted by Crippen LogP contribution is 2.67. The summed E-state index contributed by atoms with van der Waals surface area (Å²) in [6.07, 6.45) is 11.1. The van der Waals surface area contributed by atoms with E-state index in [1.807, 2.05) is 37.2 Å². The van der Waals surface area contributed by atoms with Gasteiger partial charge in [0.05, 0.1) is 17.3 Å². The summed E-state index contributed by atoms with van der Waals surface area (Å²) in [6.45, 7) is 2.35. The minimum atomic E-state index is -0.913. The molecule has 2 bridgehead atoms. The van der Waals surface area contributed by atoms with Gasteiger partial charge in [0.1, 0.15) is 6.10 Å². The van der Waals surface area contributed by atoms with Crippen LogP contribution in [0.3, 0.4) is 0 Å². The van der Waals surface area contributed by atoms with Crippen LogP contribution in [-0.4, -0.2) is 63.6 Å². The fourth-order valence-corrected chi connectivity index (χ4v) is 8.30. The summed E-state index contributed by atoms with van der Waals surface area (Å²) >= 11 is 0. The van der Waals surface area contributed by atoms with E-state index < -0.39 is 17.8 Å². The maximum Gasteiger partial charge on any atom is 0.255 e. The van der Waals surface area contributed by atoms with Gasteiger partial charge in [0.2, 0.25) is 0 Å². The molecule has 0 amide bonds. The van der Waals surface area contributed by atoms with Crippen LogP contribution in [0.15, 0.2) is 64.6 Å². The summed E-state index contributed by atoms with van der Waals surface area (Å²) in [6, 6.07) is 8.03. The maximum absolute atomic E-state index is 12.5. The van der Waals surface area contributed by atoms with Crippen LogP contribution in [0.25, 0.3) is 16.3 Å². The SMILES string of the molecule is CN(C)C1CC23CCC4(O2)C(=CCC2(C)C(c5ccc6cc[nH]c(=O)c6c5)=CCC24)C=C3C(O)C1O. The van der Waals surface area contributed by atoms with Crippen molar-refractivity contribution in [1.82, 2.24) is 9.88 Å². The van der Waals surface area contributed by atoms with Crippen molar-refractivity contribution in [2.24, 2.45) is 11.3 Å². The first-order valence-electron chi connectivity index (χ1n) is 13.2. The number of nitrogens with one attached hydrogen (secondary N) is 1. The van der Waals surface area contributed by atoms with Crippen LogP contribution in [0.4, 0.5) is 0 Å². The van der Waals surface area contributed by atoms with Crippen LogP contribution in [0.1, 0.15) is 44.6 Å². The van der Waals surface area contributed by atoms with E-state index in [0.717, 1.165) is 47.6 Å². The van der Waals surface area contributed by atoms with Crippen LogP contribution < -0.4 is 5.56 Å². The van der Waals surface area contributed by atoms with E-state index in [1.165, 1.54) is 11.1 Å². The molecule has 6 heteroatoms. The molecule has 7 atom stereocenters. The van der Waals surface area contributed by atoms with Crippen molar-refractivity contribution in [2.45, 2.75) is 68.5 Å². The molecule has 3 aliphatic carbocycles. The molecule has 2 aromatic rings. The van der Waals surface area contributed by atoms with Gasteiger partial charge in [-0.15, -0.1) is 0 Å². The number of likely N-dealkylation sites (N-methyl/N-ethyl adjacent to an activating group) is 1.